The number of halogens is 1. The van der Waals surface area contributed by atoms with Gasteiger partial charge in [-0.2, -0.15) is 0 Å². The summed E-state index contributed by atoms with van der Waals surface area (Å²) in [6, 6.07) is 11.6. The molecule has 1 heterocycles. The fourth-order valence-electron chi connectivity index (χ4n) is 2.64. The van der Waals surface area contributed by atoms with Crippen molar-refractivity contribution in [2.75, 3.05) is 5.32 Å². The van der Waals surface area contributed by atoms with Gasteiger partial charge in [-0.3, -0.25) is 14.9 Å². The number of aromatic nitrogens is 2. The SMILES string of the molecule is Cc1cc(NC(=O)c2cc([N+](=O)[O-])ccc2Sc2ccccc2F)nc(C(C)C)n1. The first-order valence-corrected chi connectivity index (χ1v) is 9.94. The van der Waals surface area contributed by atoms with Crippen molar-refractivity contribution < 1.29 is 14.1 Å². The monoisotopic (exact) mass is 426 g/mol. The molecule has 0 spiro atoms. The molecule has 0 unspecified atom stereocenters. The lowest BCUT2D eigenvalue weighted by Crippen LogP contribution is -2.16. The van der Waals surface area contributed by atoms with Crippen molar-refractivity contribution in [1.29, 1.82) is 0 Å². The molecular weight excluding hydrogens is 407 g/mol. The Morgan fingerprint density at radius 1 is 1.13 bits per heavy atom. The molecule has 0 fully saturated rings. The van der Waals surface area contributed by atoms with Crippen LogP contribution >= 0.6 is 11.8 Å². The molecular formula is C21H19FN4O3S. The third-order valence-electron chi connectivity index (χ3n) is 4.10. The highest BCUT2D eigenvalue weighted by atomic mass is 32.2. The highest BCUT2D eigenvalue weighted by Gasteiger charge is 2.19. The van der Waals surface area contributed by atoms with Gasteiger partial charge in [0.05, 0.1) is 10.5 Å². The average Bonchev–Trinajstić information content (AvgIpc) is 2.69. The van der Waals surface area contributed by atoms with Crippen molar-refractivity contribution in [2.24, 2.45) is 0 Å². The second-order valence-corrected chi connectivity index (χ2v) is 7.92. The molecule has 2 aromatic carbocycles. The Hall–Kier alpha value is -3.33. The van der Waals surface area contributed by atoms with Crippen LogP contribution in [0.2, 0.25) is 0 Å². The minimum atomic E-state index is -0.583. The Labute approximate surface area is 176 Å². The maximum absolute atomic E-state index is 14.1. The summed E-state index contributed by atoms with van der Waals surface area (Å²) >= 11 is 1.02. The van der Waals surface area contributed by atoms with Crippen LogP contribution in [0.25, 0.3) is 0 Å². The topological polar surface area (TPSA) is 98.0 Å². The summed E-state index contributed by atoms with van der Waals surface area (Å²) in [6.07, 6.45) is 0. The molecule has 154 valence electrons. The van der Waals surface area contributed by atoms with E-state index < -0.39 is 16.6 Å². The summed E-state index contributed by atoms with van der Waals surface area (Å²) < 4.78 is 14.1. The molecule has 1 aromatic heterocycles. The average molecular weight is 426 g/mol. The van der Waals surface area contributed by atoms with E-state index in [9.17, 15) is 19.3 Å². The maximum Gasteiger partial charge on any atom is 0.270 e. The highest BCUT2D eigenvalue weighted by molar-refractivity contribution is 7.99. The first kappa shape index (κ1) is 21.4. The zero-order valence-corrected chi connectivity index (χ0v) is 17.4. The molecule has 0 saturated carbocycles. The normalized spacial score (nSPS) is 10.8. The quantitative estimate of drug-likeness (QED) is 0.421. The van der Waals surface area contributed by atoms with Gasteiger partial charge in [0.15, 0.2) is 0 Å². The van der Waals surface area contributed by atoms with Gasteiger partial charge < -0.3 is 5.32 Å². The summed E-state index contributed by atoms with van der Waals surface area (Å²) in [5.41, 5.74) is 0.503. The number of aryl methyl sites for hydroxylation is 1. The fraction of sp³-hybridized carbons (Fsp3) is 0.190. The van der Waals surface area contributed by atoms with Gasteiger partial charge in [-0.1, -0.05) is 37.7 Å². The first-order valence-electron chi connectivity index (χ1n) is 9.12. The molecule has 0 saturated heterocycles. The Morgan fingerprint density at radius 2 is 1.87 bits per heavy atom. The van der Waals surface area contributed by atoms with Gasteiger partial charge in [0.25, 0.3) is 11.6 Å². The standard InChI is InChI=1S/C21H19FN4O3S/c1-12(2)20-23-13(3)10-19(24-20)25-21(27)15-11-14(26(28)29)8-9-17(15)30-18-7-5-4-6-16(18)22/h4-12H,1-3H3,(H,23,24,25,27). The second kappa shape index (κ2) is 9.00. The van der Waals surface area contributed by atoms with Crippen LogP contribution < -0.4 is 5.32 Å². The number of rotatable bonds is 6. The Balaban J connectivity index is 1.98. The number of carbonyl (C=O) groups is 1. The summed E-state index contributed by atoms with van der Waals surface area (Å²) in [5.74, 6) is -0.0917. The van der Waals surface area contributed by atoms with E-state index in [1.165, 1.54) is 24.3 Å². The van der Waals surface area contributed by atoms with Gasteiger partial charge in [0, 0.05) is 39.6 Å². The van der Waals surface area contributed by atoms with Crippen LogP contribution in [0, 0.1) is 22.9 Å². The van der Waals surface area contributed by atoms with Gasteiger partial charge in [0.1, 0.15) is 17.5 Å². The number of nitrogens with one attached hydrogen (secondary N) is 1. The number of benzene rings is 2. The van der Waals surface area contributed by atoms with E-state index in [4.69, 9.17) is 0 Å². The van der Waals surface area contributed by atoms with Crippen LogP contribution in [0.1, 0.15) is 41.6 Å². The van der Waals surface area contributed by atoms with Crippen molar-refractivity contribution in [3.05, 3.63) is 81.5 Å². The first-order chi connectivity index (χ1) is 14.2. The molecule has 7 nitrogen and oxygen atoms in total. The number of non-ortho nitro benzene ring substituents is 1. The lowest BCUT2D eigenvalue weighted by atomic mass is 10.2. The number of nitro benzene ring substituents is 1. The molecule has 3 aromatic rings. The second-order valence-electron chi connectivity index (χ2n) is 6.83. The maximum atomic E-state index is 14.1. The van der Waals surface area contributed by atoms with E-state index in [-0.39, 0.29) is 17.2 Å². The van der Waals surface area contributed by atoms with Gasteiger partial charge in [0.2, 0.25) is 0 Å². The number of nitrogens with zero attached hydrogens (tertiary/aromatic N) is 3. The van der Waals surface area contributed by atoms with E-state index in [2.05, 4.69) is 15.3 Å². The molecule has 0 aliphatic heterocycles. The summed E-state index contributed by atoms with van der Waals surface area (Å²) in [7, 11) is 0. The number of amides is 1. The highest BCUT2D eigenvalue weighted by Crippen LogP contribution is 2.34. The van der Waals surface area contributed by atoms with Crippen molar-refractivity contribution in [3.8, 4) is 0 Å². The van der Waals surface area contributed by atoms with Crippen molar-refractivity contribution in [3.63, 3.8) is 0 Å². The number of nitro groups is 1. The third-order valence-corrected chi connectivity index (χ3v) is 5.23. The summed E-state index contributed by atoms with van der Waals surface area (Å²) in [6.45, 7) is 5.66. The van der Waals surface area contributed by atoms with E-state index in [1.54, 1.807) is 31.2 Å². The fourth-order valence-corrected chi connectivity index (χ4v) is 3.59. The molecule has 30 heavy (non-hydrogen) atoms. The number of anilines is 1. The van der Waals surface area contributed by atoms with Crippen LogP contribution in [-0.4, -0.2) is 20.8 Å². The molecule has 9 heteroatoms. The molecule has 1 N–H and O–H groups in total. The minimum Gasteiger partial charge on any atom is -0.306 e. The number of carbonyl (C=O) groups excluding carboxylic acids is 1. The molecule has 1 amide bonds. The largest absolute Gasteiger partial charge is 0.306 e. The van der Waals surface area contributed by atoms with Crippen molar-refractivity contribution in [2.45, 2.75) is 36.5 Å². The molecule has 0 aliphatic carbocycles. The molecule has 0 aliphatic rings. The number of hydrogen-bond donors (Lipinski definition) is 1. The van der Waals surface area contributed by atoms with Gasteiger partial charge in [-0.15, -0.1) is 0 Å². The van der Waals surface area contributed by atoms with Crippen molar-refractivity contribution >= 4 is 29.2 Å². The minimum absolute atomic E-state index is 0.0554. The van der Waals surface area contributed by atoms with Crippen LogP contribution in [0.15, 0.2) is 58.3 Å². The predicted molar refractivity (Wildman–Crippen MR) is 112 cm³/mol. The smallest absolute Gasteiger partial charge is 0.270 e. The lowest BCUT2D eigenvalue weighted by Gasteiger charge is -2.12. The zero-order chi connectivity index (χ0) is 21.8. The molecule has 0 radical (unpaired) electrons. The van der Waals surface area contributed by atoms with E-state index in [1.807, 2.05) is 13.8 Å². The summed E-state index contributed by atoms with van der Waals surface area (Å²) in [5, 5.41) is 13.9. The van der Waals surface area contributed by atoms with Crippen molar-refractivity contribution in [1.82, 2.24) is 9.97 Å². The number of hydrogen-bond acceptors (Lipinski definition) is 6. The Bertz CT molecular complexity index is 1120. The van der Waals surface area contributed by atoms with E-state index >= 15 is 0 Å². The van der Waals surface area contributed by atoms with Crippen LogP contribution in [0.4, 0.5) is 15.9 Å². The van der Waals surface area contributed by atoms with Crippen LogP contribution in [-0.2, 0) is 0 Å². The Morgan fingerprint density at radius 3 is 2.53 bits per heavy atom. The zero-order valence-electron chi connectivity index (χ0n) is 16.5. The van der Waals surface area contributed by atoms with Crippen LogP contribution in [0.5, 0.6) is 0 Å². The van der Waals surface area contributed by atoms with Gasteiger partial charge >= 0.3 is 0 Å². The van der Waals surface area contributed by atoms with E-state index in [0.717, 1.165) is 11.8 Å². The van der Waals surface area contributed by atoms with Gasteiger partial charge in [-0.05, 0) is 25.1 Å². The summed E-state index contributed by atoms with van der Waals surface area (Å²) in [4.78, 5) is 33.0. The molecule has 0 atom stereocenters. The lowest BCUT2D eigenvalue weighted by molar-refractivity contribution is -0.384. The van der Waals surface area contributed by atoms with E-state index in [0.29, 0.717) is 27.1 Å². The predicted octanol–water partition coefficient (Wildman–Crippen LogP) is 5.36. The molecule has 0 bridgehead atoms. The third kappa shape index (κ3) is 4.98. The van der Waals surface area contributed by atoms with Crippen LogP contribution in [0.3, 0.4) is 0 Å². The van der Waals surface area contributed by atoms with Gasteiger partial charge in [-0.25, -0.2) is 14.4 Å². The Kier molecular flexibility index (Phi) is 6.41. The molecule has 3 rings (SSSR count).